The van der Waals surface area contributed by atoms with Gasteiger partial charge < -0.3 is 14.9 Å². The molecule has 0 spiro atoms. The van der Waals surface area contributed by atoms with Crippen LogP contribution in [-0.4, -0.2) is 16.2 Å². The van der Waals surface area contributed by atoms with Crippen LogP contribution in [0.1, 0.15) is 29.8 Å². The summed E-state index contributed by atoms with van der Waals surface area (Å²) in [4.78, 5) is 11.2. The Balaban J connectivity index is 2.35. The summed E-state index contributed by atoms with van der Waals surface area (Å²) >= 11 is 0. The highest BCUT2D eigenvalue weighted by Crippen LogP contribution is 2.48. The van der Waals surface area contributed by atoms with Gasteiger partial charge in [0.2, 0.25) is 0 Å². The average molecular weight is 270 g/mol. The summed E-state index contributed by atoms with van der Waals surface area (Å²) in [5.74, 6) is -0.346. The molecular weight excluding hydrogens is 256 g/mol. The Kier molecular flexibility index (Phi) is 2.51. The Bertz CT molecular complexity index is 716. The first-order valence-electron chi connectivity index (χ1n) is 6.29. The number of hydrogen-bond donors (Lipinski definition) is 2. The van der Waals surface area contributed by atoms with Crippen LogP contribution in [0.5, 0.6) is 11.5 Å². The molecule has 0 saturated carbocycles. The topological polar surface area (TPSA) is 66.8 Å². The number of phenolic OH excluding ortho intramolecular Hbond substituents is 1. The van der Waals surface area contributed by atoms with Crippen LogP contribution in [0.2, 0.25) is 0 Å². The first-order chi connectivity index (χ1) is 9.40. The van der Waals surface area contributed by atoms with Crippen molar-refractivity contribution in [2.24, 2.45) is 0 Å². The Morgan fingerprint density at radius 3 is 2.65 bits per heavy atom. The van der Waals surface area contributed by atoms with Crippen LogP contribution in [-0.2, 0) is 5.60 Å². The third kappa shape index (κ3) is 1.72. The van der Waals surface area contributed by atoms with Gasteiger partial charge in [-0.1, -0.05) is 12.1 Å². The molecule has 0 fully saturated rings. The summed E-state index contributed by atoms with van der Waals surface area (Å²) < 4.78 is 5.92. The zero-order valence-corrected chi connectivity index (χ0v) is 11.2. The van der Waals surface area contributed by atoms with E-state index in [0.717, 1.165) is 5.56 Å². The lowest BCUT2D eigenvalue weighted by Gasteiger charge is -2.35. The van der Waals surface area contributed by atoms with E-state index in [9.17, 15) is 9.90 Å². The quantitative estimate of drug-likeness (QED) is 0.833. The first kappa shape index (κ1) is 12.5. The minimum atomic E-state index is -0.992. The van der Waals surface area contributed by atoms with Crippen LogP contribution >= 0.6 is 0 Å². The van der Waals surface area contributed by atoms with Crippen LogP contribution in [0.3, 0.4) is 0 Å². The molecule has 0 unspecified atom stereocenters. The molecule has 0 amide bonds. The predicted octanol–water partition coefficient (Wildman–Crippen LogP) is 3.38. The van der Waals surface area contributed by atoms with Crippen molar-refractivity contribution in [2.45, 2.75) is 19.4 Å². The molecule has 20 heavy (non-hydrogen) atoms. The number of carboxylic acid groups (broad SMARTS) is 1. The maximum atomic E-state index is 11.2. The number of ether oxygens (including phenoxy) is 1. The van der Waals surface area contributed by atoms with E-state index < -0.39 is 11.6 Å². The fourth-order valence-corrected chi connectivity index (χ4v) is 2.61. The lowest BCUT2D eigenvalue weighted by molar-refractivity contribution is 0.0695. The molecule has 0 radical (unpaired) electrons. The summed E-state index contributed by atoms with van der Waals surface area (Å²) in [7, 11) is 0. The Morgan fingerprint density at radius 2 is 1.95 bits per heavy atom. The SMILES string of the molecule is CC1(C)Oc2cccc(O)c2-c2cc(C(=O)O)ccc21. The van der Waals surface area contributed by atoms with Crippen molar-refractivity contribution in [1.82, 2.24) is 0 Å². The fourth-order valence-electron chi connectivity index (χ4n) is 2.61. The van der Waals surface area contributed by atoms with Gasteiger partial charge in [0.15, 0.2) is 0 Å². The van der Waals surface area contributed by atoms with E-state index >= 15 is 0 Å². The van der Waals surface area contributed by atoms with Gasteiger partial charge in [-0.25, -0.2) is 4.79 Å². The highest BCUT2D eigenvalue weighted by atomic mass is 16.5. The predicted molar refractivity (Wildman–Crippen MR) is 74.2 cm³/mol. The Labute approximate surface area is 116 Å². The number of aromatic carboxylic acids is 1. The van der Waals surface area contributed by atoms with Gasteiger partial charge in [0, 0.05) is 5.56 Å². The van der Waals surface area contributed by atoms with Crippen LogP contribution < -0.4 is 4.74 Å². The molecule has 1 aliphatic rings. The molecule has 3 rings (SSSR count). The Hall–Kier alpha value is -2.49. The summed E-state index contributed by atoms with van der Waals surface area (Å²) in [5, 5.41) is 19.2. The van der Waals surface area contributed by atoms with Crippen molar-refractivity contribution in [1.29, 1.82) is 0 Å². The first-order valence-corrected chi connectivity index (χ1v) is 6.29. The van der Waals surface area contributed by atoms with Gasteiger partial charge in [-0.2, -0.15) is 0 Å². The van der Waals surface area contributed by atoms with Gasteiger partial charge in [-0.3, -0.25) is 0 Å². The third-order valence-electron chi connectivity index (χ3n) is 3.55. The summed E-state index contributed by atoms with van der Waals surface area (Å²) in [6.45, 7) is 3.83. The van der Waals surface area contributed by atoms with Crippen LogP contribution in [0.15, 0.2) is 36.4 Å². The monoisotopic (exact) mass is 270 g/mol. The molecular formula is C16H14O4. The van der Waals surface area contributed by atoms with Crippen molar-refractivity contribution in [3.8, 4) is 22.6 Å². The molecule has 0 aliphatic carbocycles. The third-order valence-corrected chi connectivity index (χ3v) is 3.55. The van der Waals surface area contributed by atoms with Gasteiger partial charge in [0.25, 0.3) is 0 Å². The van der Waals surface area contributed by atoms with Gasteiger partial charge in [-0.05, 0) is 43.7 Å². The molecule has 0 bridgehead atoms. The number of rotatable bonds is 1. The number of fused-ring (bicyclic) bond motifs is 3. The molecule has 2 aromatic rings. The zero-order chi connectivity index (χ0) is 14.5. The summed E-state index contributed by atoms with van der Waals surface area (Å²) in [5.41, 5.74) is 1.72. The van der Waals surface area contributed by atoms with E-state index in [1.807, 2.05) is 13.8 Å². The molecule has 102 valence electrons. The van der Waals surface area contributed by atoms with Crippen molar-refractivity contribution in [2.75, 3.05) is 0 Å². The smallest absolute Gasteiger partial charge is 0.335 e. The molecule has 1 heterocycles. The zero-order valence-electron chi connectivity index (χ0n) is 11.2. The number of aromatic hydroxyl groups is 1. The number of phenols is 1. The maximum absolute atomic E-state index is 11.2. The van der Waals surface area contributed by atoms with Crippen LogP contribution in [0, 0.1) is 0 Å². The minimum absolute atomic E-state index is 0.0850. The summed E-state index contributed by atoms with van der Waals surface area (Å²) in [6, 6.07) is 9.92. The second-order valence-electron chi connectivity index (χ2n) is 5.33. The molecule has 4 heteroatoms. The largest absolute Gasteiger partial charge is 0.507 e. The van der Waals surface area contributed by atoms with E-state index in [-0.39, 0.29) is 11.3 Å². The number of carboxylic acids is 1. The maximum Gasteiger partial charge on any atom is 0.335 e. The molecule has 4 nitrogen and oxygen atoms in total. The minimum Gasteiger partial charge on any atom is -0.507 e. The normalized spacial score (nSPS) is 14.9. The van der Waals surface area contributed by atoms with Crippen molar-refractivity contribution in [3.63, 3.8) is 0 Å². The van der Waals surface area contributed by atoms with Gasteiger partial charge in [0.05, 0.1) is 11.1 Å². The lowest BCUT2D eigenvalue weighted by Crippen LogP contribution is -2.29. The van der Waals surface area contributed by atoms with Crippen LogP contribution in [0.25, 0.3) is 11.1 Å². The number of benzene rings is 2. The van der Waals surface area contributed by atoms with Gasteiger partial charge in [-0.15, -0.1) is 0 Å². The van der Waals surface area contributed by atoms with E-state index in [1.54, 1.807) is 36.4 Å². The summed E-state index contributed by atoms with van der Waals surface area (Å²) in [6.07, 6.45) is 0. The standard InChI is InChI=1S/C16H14O4/c1-16(2)11-7-6-9(15(18)19)8-10(11)14-12(17)4-3-5-13(14)20-16/h3-8,17H,1-2H3,(H,18,19). The highest BCUT2D eigenvalue weighted by Gasteiger charge is 2.34. The van der Waals surface area contributed by atoms with Crippen molar-refractivity contribution in [3.05, 3.63) is 47.5 Å². The molecule has 0 aromatic heterocycles. The Morgan fingerprint density at radius 1 is 1.20 bits per heavy atom. The van der Waals surface area contributed by atoms with Gasteiger partial charge >= 0.3 is 5.97 Å². The van der Waals surface area contributed by atoms with E-state index in [2.05, 4.69) is 0 Å². The van der Waals surface area contributed by atoms with Gasteiger partial charge in [0.1, 0.15) is 17.1 Å². The van der Waals surface area contributed by atoms with Crippen molar-refractivity contribution >= 4 is 5.97 Å². The van der Waals surface area contributed by atoms with Crippen LogP contribution in [0.4, 0.5) is 0 Å². The van der Waals surface area contributed by atoms with Crippen molar-refractivity contribution < 1.29 is 19.7 Å². The second kappa shape index (κ2) is 4.00. The molecule has 1 aliphatic heterocycles. The molecule has 0 saturated heterocycles. The highest BCUT2D eigenvalue weighted by molar-refractivity contribution is 5.92. The molecule has 2 aromatic carbocycles. The van der Waals surface area contributed by atoms with E-state index in [1.165, 1.54) is 0 Å². The average Bonchev–Trinajstić information content (AvgIpc) is 2.37. The molecule has 0 atom stereocenters. The molecule has 2 N–H and O–H groups in total. The van der Waals surface area contributed by atoms with E-state index in [0.29, 0.717) is 16.9 Å². The fraction of sp³-hybridized carbons (Fsp3) is 0.188. The lowest BCUT2D eigenvalue weighted by atomic mass is 9.85. The van der Waals surface area contributed by atoms with E-state index in [4.69, 9.17) is 9.84 Å². The number of hydrogen-bond acceptors (Lipinski definition) is 3. The number of carbonyl (C=O) groups is 1. The second-order valence-corrected chi connectivity index (χ2v) is 5.33.